The average molecular weight is 562 g/mol. The zero-order valence-corrected chi connectivity index (χ0v) is 22.5. The second kappa shape index (κ2) is 8.46. The summed E-state index contributed by atoms with van der Waals surface area (Å²) in [6.45, 7) is 7.02. The van der Waals surface area contributed by atoms with Crippen LogP contribution in [0.3, 0.4) is 0 Å². The molecule has 0 atom stereocenters. The highest BCUT2D eigenvalue weighted by atomic mass is 16.5. The van der Waals surface area contributed by atoms with Crippen molar-refractivity contribution in [2.24, 2.45) is 0 Å². The van der Waals surface area contributed by atoms with Crippen molar-refractivity contribution in [1.29, 1.82) is 15.8 Å². The quantitative estimate of drug-likeness (QED) is 0.206. The number of hydrogen-bond donors (Lipinski definition) is 0. The Morgan fingerprint density at radius 2 is 0.977 bits per heavy atom. The van der Waals surface area contributed by atoms with E-state index in [1.807, 2.05) is 54.6 Å². The second-order valence-corrected chi connectivity index (χ2v) is 10.8. The standard InChI is InChI=1S/C34H12B2N4O4/c1-40-24-11-19(16-39)33-30-34(24)42-26-9-5-3-7-21(26)36(30)23-12-22-27(13-28(23)44-33)43-32-18(15-38)10-17(14-37)31-29(32)35(22)20-6-2-4-8-25(20)41-31/h2-13H. The van der Waals surface area contributed by atoms with Gasteiger partial charge in [0.05, 0.1) is 23.3 Å². The van der Waals surface area contributed by atoms with E-state index in [0.717, 1.165) is 21.9 Å². The predicted octanol–water partition coefficient (Wildman–Crippen LogP) is 3.31. The van der Waals surface area contributed by atoms with Gasteiger partial charge in [0.15, 0.2) is 0 Å². The Morgan fingerprint density at radius 1 is 0.523 bits per heavy atom. The minimum Gasteiger partial charge on any atom is -0.469 e. The molecule has 0 aliphatic carbocycles. The molecule has 0 N–H and O–H groups in total. The largest absolute Gasteiger partial charge is 0.469 e. The normalized spacial score (nSPS) is 13.1. The van der Waals surface area contributed by atoms with Gasteiger partial charge in [0, 0.05) is 17.0 Å². The lowest BCUT2D eigenvalue weighted by molar-refractivity contribution is 0.450. The third kappa shape index (κ3) is 2.94. The van der Waals surface area contributed by atoms with Crippen LogP contribution in [-0.4, -0.2) is 13.4 Å². The van der Waals surface area contributed by atoms with Crippen LogP contribution in [0.2, 0.25) is 0 Å². The molecule has 0 radical (unpaired) electrons. The van der Waals surface area contributed by atoms with E-state index in [4.69, 9.17) is 25.5 Å². The van der Waals surface area contributed by atoms with Gasteiger partial charge < -0.3 is 18.9 Å². The first kappa shape index (κ1) is 24.0. The van der Waals surface area contributed by atoms with Crippen molar-refractivity contribution < 1.29 is 18.9 Å². The van der Waals surface area contributed by atoms with Crippen LogP contribution in [0.4, 0.5) is 5.69 Å². The third-order valence-electron chi connectivity index (χ3n) is 8.65. The summed E-state index contributed by atoms with van der Waals surface area (Å²) in [6.07, 6.45) is 0. The van der Waals surface area contributed by atoms with E-state index in [1.54, 1.807) is 6.07 Å². The summed E-state index contributed by atoms with van der Waals surface area (Å²) in [5.41, 5.74) is 5.57. The SMILES string of the molecule is [C-]#[N+]c1cc(C#N)c2c3c1Oc1ccccc1B3c1cc3c(cc1O2)Oc1c(C#N)cc(C#N)c2c1B3c1ccccc1O2. The van der Waals surface area contributed by atoms with Crippen LogP contribution < -0.4 is 51.7 Å². The molecule has 0 fully saturated rings. The van der Waals surface area contributed by atoms with E-state index >= 15 is 0 Å². The van der Waals surface area contributed by atoms with Crippen LogP contribution in [0.25, 0.3) is 4.85 Å². The molecule has 0 spiro atoms. The Kier molecular flexibility index (Phi) is 4.62. The van der Waals surface area contributed by atoms with Gasteiger partial charge in [-0.05, 0) is 46.1 Å². The van der Waals surface area contributed by atoms with Gasteiger partial charge in [-0.2, -0.15) is 15.8 Å². The molecule has 5 aromatic carbocycles. The van der Waals surface area contributed by atoms with Crippen molar-refractivity contribution in [2.45, 2.75) is 0 Å². The third-order valence-corrected chi connectivity index (χ3v) is 8.65. The molecule has 0 saturated heterocycles. The van der Waals surface area contributed by atoms with Crippen molar-refractivity contribution in [3.8, 4) is 64.2 Å². The molecule has 44 heavy (non-hydrogen) atoms. The Bertz CT molecular complexity index is 2220. The second-order valence-electron chi connectivity index (χ2n) is 10.8. The fourth-order valence-electron chi connectivity index (χ4n) is 6.86. The summed E-state index contributed by atoms with van der Waals surface area (Å²) in [7, 11) is 0. The maximum atomic E-state index is 10.1. The van der Waals surface area contributed by atoms with Gasteiger partial charge in [-0.1, -0.05) is 42.5 Å². The molecular formula is C34H12B2N4O4. The van der Waals surface area contributed by atoms with E-state index in [-0.39, 0.29) is 22.4 Å². The van der Waals surface area contributed by atoms with Crippen molar-refractivity contribution >= 4 is 51.9 Å². The molecule has 5 aromatic rings. The lowest BCUT2D eigenvalue weighted by Crippen LogP contribution is -2.61. The number of rotatable bonds is 0. The Labute approximate surface area is 251 Å². The molecule has 8 nitrogen and oxygen atoms in total. The molecule has 0 saturated carbocycles. The number of hydrogen-bond acceptors (Lipinski definition) is 7. The van der Waals surface area contributed by atoms with E-state index in [1.165, 1.54) is 12.1 Å². The first-order chi connectivity index (χ1) is 21.6. The lowest BCUT2D eigenvalue weighted by atomic mass is 9.31. The zero-order valence-electron chi connectivity index (χ0n) is 22.5. The van der Waals surface area contributed by atoms with Crippen molar-refractivity contribution in [2.75, 3.05) is 0 Å². The molecule has 198 valence electrons. The van der Waals surface area contributed by atoms with Gasteiger partial charge in [0.1, 0.15) is 64.2 Å². The summed E-state index contributed by atoms with van der Waals surface area (Å²) >= 11 is 0. The average Bonchev–Trinajstić information content (AvgIpc) is 3.07. The van der Waals surface area contributed by atoms with Crippen molar-refractivity contribution in [3.63, 3.8) is 0 Å². The fraction of sp³-hybridized carbons (Fsp3) is 0. The summed E-state index contributed by atoms with van der Waals surface area (Å²) in [6, 6.07) is 28.7. The minimum absolute atomic E-state index is 0.226. The Hall–Kier alpha value is -6.61. The topological polar surface area (TPSA) is 113 Å². The highest BCUT2D eigenvalue weighted by Gasteiger charge is 2.47. The number of nitriles is 3. The summed E-state index contributed by atoms with van der Waals surface area (Å²) in [4.78, 5) is 3.68. The number of benzene rings is 5. The van der Waals surface area contributed by atoms with Crippen LogP contribution in [0.1, 0.15) is 16.7 Å². The highest BCUT2D eigenvalue weighted by Crippen LogP contribution is 2.44. The van der Waals surface area contributed by atoms with E-state index in [0.29, 0.717) is 56.9 Å². The van der Waals surface area contributed by atoms with Gasteiger partial charge in [-0.25, -0.2) is 4.85 Å². The van der Waals surface area contributed by atoms with Gasteiger partial charge in [0.2, 0.25) is 5.69 Å². The monoisotopic (exact) mass is 562 g/mol. The van der Waals surface area contributed by atoms with E-state index in [2.05, 4.69) is 23.1 Å². The van der Waals surface area contributed by atoms with Crippen LogP contribution >= 0.6 is 0 Å². The van der Waals surface area contributed by atoms with Gasteiger partial charge in [-0.3, -0.25) is 0 Å². The molecular weight excluding hydrogens is 550 g/mol. The highest BCUT2D eigenvalue weighted by molar-refractivity contribution is 7.01. The van der Waals surface area contributed by atoms with Gasteiger partial charge in [0.25, 0.3) is 13.4 Å². The van der Waals surface area contributed by atoms with Crippen LogP contribution in [0.5, 0.6) is 46.0 Å². The zero-order chi connectivity index (χ0) is 29.7. The van der Waals surface area contributed by atoms with Crippen molar-refractivity contribution in [1.82, 2.24) is 0 Å². The summed E-state index contributed by atoms with van der Waals surface area (Å²) in [5, 5.41) is 30.1. The molecule has 4 aliphatic heterocycles. The smallest absolute Gasteiger partial charge is 0.260 e. The molecule has 4 heterocycles. The van der Waals surface area contributed by atoms with E-state index < -0.39 is 13.4 Å². The molecule has 0 aromatic heterocycles. The summed E-state index contributed by atoms with van der Waals surface area (Å²) < 4.78 is 25.5. The molecule has 4 aliphatic rings. The van der Waals surface area contributed by atoms with Crippen LogP contribution in [0, 0.1) is 40.6 Å². The van der Waals surface area contributed by atoms with E-state index in [9.17, 15) is 15.8 Å². The number of fused-ring (bicyclic) bond motifs is 8. The Balaban J connectivity index is 1.36. The molecule has 0 amide bonds. The van der Waals surface area contributed by atoms with Gasteiger partial charge >= 0.3 is 0 Å². The maximum Gasteiger partial charge on any atom is 0.260 e. The van der Waals surface area contributed by atoms with Crippen LogP contribution in [0.15, 0.2) is 72.8 Å². The molecule has 10 heteroatoms. The molecule has 9 rings (SSSR count). The van der Waals surface area contributed by atoms with Crippen LogP contribution in [-0.2, 0) is 0 Å². The Morgan fingerprint density at radius 3 is 1.50 bits per heavy atom. The van der Waals surface area contributed by atoms with Crippen molar-refractivity contribution in [3.05, 3.63) is 101 Å². The first-order valence-corrected chi connectivity index (χ1v) is 13.7. The number of para-hydroxylation sites is 2. The lowest BCUT2D eigenvalue weighted by Gasteiger charge is -2.37. The maximum absolute atomic E-state index is 10.1. The fourth-order valence-corrected chi connectivity index (χ4v) is 6.86. The minimum atomic E-state index is -0.403. The predicted molar refractivity (Wildman–Crippen MR) is 162 cm³/mol. The summed E-state index contributed by atoms with van der Waals surface area (Å²) in [5.74, 6) is 3.64. The van der Waals surface area contributed by atoms with Gasteiger partial charge in [-0.15, -0.1) is 0 Å². The molecule has 0 bridgehead atoms. The first-order valence-electron chi connectivity index (χ1n) is 13.7. The number of ether oxygens (including phenoxy) is 4. The number of nitrogens with zero attached hydrogens (tertiary/aromatic N) is 4. The molecule has 0 unspecified atom stereocenters.